The molecule has 0 radical (unpaired) electrons. The molecule has 0 aliphatic heterocycles. The number of hydrogen-bond donors (Lipinski definition) is 1. The van der Waals surface area contributed by atoms with Gasteiger partial charge in [0.1, 0.15) is 12.2 Å². The minimum Gasteiger partial charge on any atom is -0.310 e. The Kier molecular flexibility index (Phi) is 3.82. The average molecular weight is 231 g/mol. The third-order valence-electron chi connectivity index (χ3n) is 2.36. The average Bonchev–Trinajstić information content (AvgIpc) is 2.78. The molecule has 1 N–H and O–H groups in total. The summed E-state index contributed by atoms with van der Waals surface area (Å²) >= 11 is 0. The fraction of sp³-hybridized carbons (Fsp3) is 0.417. The Morgan fingerprint density at radius 2 is 2.06 bits per heavy atom. The first-order valence-corrected chi connectivity index (χ1v) is 5.77. The molecule has 0 aliphatic carbocycles. The van der Waals surface area contributed by atoms with Crippen LogP contribution in [0.25, 0.3) is 5.69 Å². The second-order valence-corrected chi connectivity index (χ2v) is 4.32. The van der Waals surface area contributed by atoms with Gasteiger partial charge < -0.3 is 5.32 Å². The maximum absolute atomic E-state index is 4.26. The number of hydrogen-bond acceptors (Lipinski definition) is 4. The van der Waals surface area contributed by atoms with Gasteiger partial charge in [0.2, 0.25) is 0 Å². The molecule has 90 valence electrons. The highest BCUT2D eigenvalue weighted by Gasteiger charge is 2.05. The van der Waals surface area contributed by atoms with Gasteiger partial charge in [0, 0.05) is 12.4 Å². The van der Waals surface area contributed by atoms with E-state index < -0.39 is 0 Å². The fourth-order valence-corrected chi connectivity index (χ4v) is 1.56. The molecule has 2 aromatic heterocycles. The molecule has 0 unspecified atom stereocenters. The third kappa shape index (κ3) is 3.10. The van der Waals surface area contributed by atoms with Crippen molar-refractivity contribution in [1.82, 2.24) is 25.1 Å². The van der Waals surface area contributed by atoms with Crippen molar-refractivity contribution in [3.8, 4) is 5.69 Å². The van der Waals surface area contributed by atoms with E-state index in [0.717, 1.165) is 24.6 Å². The monoisotopic (exact) mass is 231 g/mol. The zero-order chi connectivity index (χ0) is 12.1. The van der Waals surface area contributed by atoms with E-state index in [1.54, 1.807) is 18.7 Å². The van der Waals surface area contributed by atoms with E-state index in [1.165, 1.54) is 0 Å². The van der Waals surface area contributed by atoms with Crippen molar-refractivity contribution >= 4 is 0 Å². The number of aromatic nitrogens is 4. The van der Waals surface area contributed by atoms with Crippen LogP contribution >= 0.6 is 0 Å². The molecule has 2 heterocycles. The van der Waals surface area contributed by atoms with Crippen LogP contribution in [0.5, 0.6) is 0 Å². The van der Waals surface area contributed by atoms with Crippen molar-refractivity contribution in [3.05, 3.63) is 36.7 Å². The molecule has 0 aromatic carbocycles. The lowest BCUT2D eigenvalue weighted by atomic mass is 10.2. The van der Waals surface area contributed by atoms with Crippen LogP contribution in [0.1, 0.15) is 19.7 Å². The first kappa shape index (κ1) is 11.7. The van der Waals surface area contributed by atoms with E-state index >= 15 is 0 Å². The maximum atomic E-state index is 4.26. The summed E-state index contributed by atoms with van der Waals surface area (Å²) in [5, 5.41) is 7.58. The maximum Gasteiger partial charge on any atom is 0.146 e. The second kappa shape index (κ2) is 5.54. The van der Waals surface area contributed by atoms with Crippen molar-refractivity contribution in [2.75, 3.05) is 6.54 Å². The fourth-order valence-electron chi connectivity index (χ4n) is 1.56. The first-order valence-electron chi connectivity index (χ1n) is 5.77. The Morgan fingerprint density at radius 3 is 2.76 bits per heavy atom. The Hall–Kier alpha value is -1.75. The van der Waals surface area contributed by atoms with E-state index in [0.29, 0.717) is 5.92 Å². The largest absolute Gasteiger partial charge is 0.310 e. The van der Waals surface area contributed by atoms with Crippen LogP contribution < -0.4 is 5.32 Å². The minimum absolute atomic E-state index is 0.632. The molecular weight excluding hydrogens is 214 g/mol. The molecule has 2 aromatic rings. The standard InChI is InChI=1S/C12H17N5/c1-10(2)7-14-8-12-15-9-16-17(12)11-3-5-13-6-4-11/h3-6,9-10,14H,7-8H2,1-2H3. The van der Waals surface area contributed by atoms with Crippen LogP contribution in [0.3, 0.4) is 0 Å². The van der Waals surface area contributed by atoms with E-state index in [2.05, 4.69) is 34.2 Å². The van der Waals surface area contributed by atoms with E-state index in [4.69, 9.17) is 0 Å². The molecule has 2 rings (SSSR count). The summed E-state index contributed by atoms with van der Waals surface area (Å²) in [6.45, 7) is 6.06. The van der Waals surface area contributed by atoms with Crippen LogP contribution in [0.4, 0.5) is 0 Å². The quantitative estimate of drug-likeness (QED) is 0.845. The van der Waals surface area contributed by atoms with Crippen LogP contribution in [-0.2, 0) is 6.54 Å². The van der Waals surface area contributed by atoms with Crippen LogP contribution in [-0.4, -0.2) is 26.3 Å². The zero-order valence-corrected chi connectivity index (χ0v) is 10.2. The second-order valence-electron chi connectivity index (χ2n) is 4.32. The van der Waals surface area contributed by atoms with Gasteiger partial charge in [0.15, 0.2) is 0 Å². The summed E-state index contributed by atoms with van der Waals surface area (Å²) in [4.78, 5) is 8.25. The van der Waals surface area contributed by atoms with Gasteiger partial charge in [-0.3, -0.25) is 4.98 Å². The molecule has 17 heavy (non-hydrogen) atoms. The van der Waals surface area contributed by atoms with Gasteiger partial charge in [-0.15, -0.1) is 0 Å². The summed E-state index contributed by atoms with van der Waals surface area (Å²) in [6.07, 6.45) is 5.08. The number of pyridine rings is 1. The van der Waals surface area contributed by atoms with Gasteiger partial charge in [-0.05, 0) is 24.6 Å². The number of nitrogens with zero attached hydrogens (tertiary/aromatic N) is 4. The van der Waals surface area contributed by atoms with Crippen molar-refractivity contribution in [1.29, 1.82) is 0 Å². The molecule has 0 bridgehead atoms. The predicted molar refractivity (Wildman–Crippen MR) is 65.7 cm³/mol. The summed E-state index contributed by atoms with van der Waals surface area (Å²) in [6, 6.07) is 3.83. The van der Waals surface area contributed by atoms with Crippen LogP contribution in [0.2, 0.25) is 0 Å². The first-order chi connectivity index (χ1) is 8.27. The van der Waals surface area contributed by atoms with E-state index in [9.17, 15) is 0 Å². The lowest BCUT2D eigenvalue weighted by Crippen LogP contribution is -2.21. The lowest BCUT2D eigenvalue weighted by molar-refractivity contribution is 0.538. The van der Waals surface area contributed by atoms with Crippen molar-refractivity contribution in [2.24, 2.45) is 5.92 Å². The normalized spacial score (nSPS) is 11.0. The van der Waals surface area contributed by atoms with Crippen molar-refractivity contribution in [2.45, 2.75) is 20.4 Å². The van der Waals surface area contributed by atoms with Gasteiger partial charge in [-0.25, -0.2) is 9.67 Å². The molecule has 0 aliphatic rings. The number of rotatable bonds is 5. The molecule has 5 nitrogen and oxygen atoms in total. The third-order valence-corrected chi connectivity index (χ3v) is 2.36. The summed E-state index contributed by atoms with van der Waals surface area (Å²) in [7, 11) is 0. The smallest absolute Gasteiger partial charge is 0.146 e. The Morgan fingerprint density at radius 1 is 1.29 bits per heavy atom. The topological polar surface area (TPSA) is 55.6 Å². The highest BCUT2D eigenvalue weighted by molar-refractivity contribution is 5.28. The molecule has 0 amide bonds. The van der Waals surface area contributed by atoms with Gasteiger partial charge in [-0.2, -0.15) is 5.10 Å². The molecule has 5 heteroatoms. The van der Waals surface area contributed by atoms with E-state index in [1.807, 2.05) is 16.8 Å². The SMILES string of the molecule is CC(C)CNCc1ncnn1-c1ccncc1. The molecular formula is C12H17N5. The molecule has 0 saturated carbocycles. The van der Waals surface area contributed by atoms with Gasteiger partial charge >= 0.3 is 0 Å². The van der Waals surface area contributed by atoms with Crippen molar-refractivity contribution < 1.29 is 0 Å². The molecule has 0 atom stereocenters. The van der Waals surface area contributed by atoms with Gasteiger partial charge in [0.05, 0.1) is 12.2 Å². The van der Waals surface area contributed by atoms with Crippen molar-refractivity contribution in [3.63, 3.8) is 0 Å². The highest BCUT2D eigenvalue weighted by Crippen LogP contribution is 2.06. The molecule has 0 spiro atoms. The highest BCUT2D eigenvalue weighted by atomic mass is 15.3. The Bertz CT molecular complexity index is 449. The Labute approximate surface area is 101 Å². The molecule has 0 fully saturated rings. The van der Waals surface area contributed by atoms with Gasteiger partial charge in [-0.1, -0.05) is 13.8 Å². The summed E-state index contributed by atoms with van der Waals surface area (Å²) < 4.78 is 1.83. The zero-order valence-electron chi connectivity index (χ0n) is 10.2. The number of nitrogens with one attached hydrogen (secondary N) is 1. The summed E-state index contributed by atoms with van der Waals surface area (Å²) in [5.74, 6) is 1.55. The Balaban J connectivity index is 2.07. The van der Waals surface area contributed by atoms with Crippen LogP contribution in [0, 0.1) is 5.92 Å². The minimum atomic E-state index is 0.632. The lowest BCUT2D eigenvalue weighted by Gasteiger charge is -2.08. The van der Waals surface area contributed by atoms with Gasteiger partial charge in [0.25, 0.3) is 0 Å². The molecule has 0 saturated heterocycles. The van der Waals surface area contributed by atoms with E-state index in [-0.39, 0.29) is 0 Å². The summed E-state index contributed by atoms with van der Waals surface area (Å²) in [5.41, 5.74) is 0.985. The van der Waals surface area contributed by atoms with Crippen LogP contribution in [0.15, 0.2) is 30.9 Å². The predicted octanol–water partition coefficient (Wildman–Crippen LogP) is 1.41.